The highest BCUT2D eigenvalue weighted by Gasteiger charge is 2.30. The number of nitrogens with zero attached hydrogens (tertiary/aromatic N) is 4. The van der Waals surface area contributed by atoms with Crippen molar-refractivity contribution in [3.05, 3.63) is 60.3 Å². The Morgan fingerprint density at radius 2 is 1.93 bits per heavy atom. The van der Waals surface area contributed by atoms with Crippen molar-refractivity contribution in [1.29, 1.82) is 0 Å². The average Bonchev–Trinajstić information content (AvgIpc) is 3.12. The average molecular weight is 388 g/mol. The molecule has 4 rings (SSSR count). The Hall–Kier alpha value is -2.91. The van der Waals surface area contributed by atoms with E-state index in [1.54, 1.807) is 24.5 Å². The van der Waals surface area contributed by atoms with Crippen LogP contribution in [0.4, 0.5) is 8.78 Å². The largest absolute Gasteiger partial charge is 0.487 e. The topological polar surface area (TPSA) is 84.5 Å². The Kier molecular flexibility index (Phi) is 5.27. The Morgan fingerprint density at radius 3 is 2.64 bits per heavy atom. The van der Waals surface area contributed by atoms with Gasteiger partial charge in [-0.3, -0.25) is 9.88 Å². The van der Waals surface area contributed by atoms with Crippen LogP contribution in [0.25, 0.3) is 11.4 Å². The summed E-state index contributed by atoms with van der Waals surface area (Å²) in [5.41, 5.74) is 0.805. The van der Waals surface area contributed by atoms with Gasteiger partial charge in [-0.1, -0.05) is 5.16 Å². The van der Waals surface area contributed by atoms with Crippen LogP contribution in [-0.2, 0) is 6.54 Å². The first-order chi connectivity index (χ1) is 13.6. The molecule has 1 aliphatic heterocycles. The maximum absolute atomic E-state index is 13.3. The summed E-state index contributed by atoms with van der Waals surface area (Å²) in [6, 6.07) is 6.55. The van der Waals surface area contributed by atoms with Crippen molar-refractivity contribution in [2.75, 3.05) is 13.1 Å². The number of piperidine rings is 1. The van der Waals surface area contributed by atoms with E-state index in [1.165, 1.54) is 0 Å². The lowest BCUT2D eigenvalue weighted by Crippen LogP contribution is -2.48. The smallest absolute Gasteiger partial charge is 0.241 e. The van der Waals surface area contributed by atoms with Crippen LogP contribution in [0.2, 0.25) is 0 Å². The van der Waals surface area contributed by atoms with Gasteiger partial charge in [-0.2, -0.15) is 4.98 Å². The van der Waals surface area contributed by atoms with Crippen LogP contribution < -0.4 is 4.74 Å². The normalized spacial score (nSPS) is 20.2. The molecule has 1 saturated heterocycles. The summed E-state index contributed by atoms with van der Waals surface area (Å²) in [6.45, 7) is 1.30. The number of pyridine rings is 1. The van der Waals surface area contributed by atoms with E-state index < -0.39 is 23.8 Å². The lowest BCUT2D eigenvalue weighted by molar-refractivity contribution is -0.0298. The molecule has 28 heavy (non-hydrogen) atoms. The molecule has 0 amide bonds. The maximum Gasteiger partial charge on any atom is 0.241 e. The minimum atomic E-state index is -0.817. The number of halogens is 2. The minimum absolute atomic E-state index is 0.0638. The van der Waals surface area contributed by atoms with E-state index in [0.29, 0.717) is 37.8 Å². The van der Waals surface area contributed by atoms with Gasteiger partial charge >= 0.3 is 0 Å². The molecule has 1 aliphatic rings. The molecule has 0 saturated carbocycles. The zero-order chi connectivity index (χ0) is 19.5. The third kappa shape index (κ3) is 4.32. The van der Waals surface area contributed by atoms with Gasteiger partial charge in [0, 0.05) is 49.2 Å². The Bertz CT molecular complexity index is 918. The van der Waals surface area contributed by atoms with Crippen LogP contribution in [0.15, 0.2) is 47.2 Å². The number of rotatable bonds is 5. The first-order valence-electron chi connectivity index (χ1n) is 8.83. The number of aromatic nitrogens is 3. The van der Waals surface area contributed by atoms with Crippen molar-refractivity contribution in [1.82, 2.24) is 20.0 Å². The molecule has 0 radical (unpaired) electrons. The van der Waals surface area contributed by atoms with E-state index in [9.17, 15) is 13.9 Å². The first kappa shape index (κ1) is 18.5. The zero-order valence-corrected chi connectivity index (χ0v) is 14.8. The summed E-state index contributed by atoms with van der Waals surface area (Å²) >= 11 is 0. The van der Waals surface area contributed by atoms with Crippen LogP contribution in [-0.4, -0.2) is 50.4 Å². The minimum Gasteiger partial charge on any atom is -0.487 e. The molecule has 0 bridgehead atoms. The van der Waals surface area contributed by atoms with Crippen LogP contribution in [0.5, 0.6) is 5.75 Å². The highest BCUT2D eigenvalue weighted by Crippen LogP contribution is 2.23. The van der Waals surface area contributed by atoms with Gasteiger partial charge in [-0.25, -0.2) is 8.78 Å². The van der Waals surface area contributed by atoms with E-state index in [0.717, 1.165) is 23.8 Å². The summed E-state index contributed by atoms with van der Waals surface area (Å²) in [5.74, 6) is -0.463. The lowest BCUT2D eigenvalue weighted by atomic mass is 10.0. The lowest BCUT2D eigenvalue weighted by Gasteiger charge is -2.35. The second-order valence-corrected chi connectivity index (χ2v) is 6.60. The summed E-state index contributed by atoms with van der Waals surface area (Å²) in [6.07, 6.45) is 2.42. The molecule has 0 spiro atoms. The Morgan fingerprint density at radius 1 is 1.18 bits per heavy atom. The van der Waals surface area contributed by atoms with Crippen molar-refractivity contribution in [3.63, 3.8) is 0 Å². The molecule has 0 unspecified atom stereocenters. The van der Waals surface area contributed by atoms with E-state index in [1.807, 2.05) is 4.90 Å². The van der Waals surface area contributed by atoms with Gasteiger partial charge in [-0.05, 0) is 18.6 Å². The van der Waals surface area contributed by atoms with Crippen LogP contribution >= 0.6 is 0 Å². The number of aliphatic hydroxyl groups is 1. The fourth-order valence-electron chi connectivity index (χ4n) is 3.16. The summed E-state index contributed by atoms with van der Waals surface area (Å²) in [4.78, 5) is 10.3. The molecule has 1 N–H and O–H groups in total. The number of hydrogen-bond acceptors (Lipinski definition) is 7. The number of likely N-dealkylation sites (tertiary alicyclic amines) is 1. The number of ether oxygens (including phenoxy) is 1. The highest BCUT2D eigenvalue weighted by molar-refractivity contribution is 5.52. The van der Waals surface area contributed by atoms with E-state index in [-0.39, 0.29) is 5.75 Å². The van der Waals surface area contributed by atoms with Gasteiger partial charge < -0.3 is 14.4 Å². The molecule has 9 heteroatoms. The van der Waals surface area contributed by atoms with E-state index in [2.05, 4.69) is 15.1 Å². The van der Waals surface area contributed by atoms with Crippen LogP contribution in [0.3, 0.4) is 0 Å². The Labute approximate surface area is 159 Å². The molecule has 1 aromatic carbocycles. The quantitative estimate of drug-likeness (QED) is 0.719. The standard InChI is InChI=1S/C19H18F2N4O3/c20-13-7-14(21)9-15(8-13)27-17-3-6-25(10-16(17)26)11-18-23-19(24-28-18)12-1-4-22-5-2-12/h1-2,4-5,7-9,16-17,26H,3,6,10-11H2/t16-,17-/m1/s1. The van der Waals surface area contributed by atoms with Crippen molar-refractivity contribution in [3.8, 4) is 17.1 Å². The number of aliphatic hydroxyl groups excluding tert-OH is 1. The van der Waals surface area contributed by atoms with Crippen LogP contribution in [0.1, 0.15) is 12.3 Å². The number of hydrogen-bond donors (Lipinski definition) is 1. The third-order valence-electron chi connectivity index (χ3n) is 4.49. The monoisotopic (exact) mass is 388 g/mol. The maximum atomic E-state index is 13.3. The molecule has 3 aromatic rings. The summed E-state index contributed by atoms with van der Waals surface area (Å²) < 4.78 is 37.4. The third-order valence-corrected chi connectivity index (χ3v) is 4.49. The fraction of sp³-hybridized carbons (Fsp3) is 0.316. The van der Waals surface area contributed by atoms with E-state index in [4.69, 9.17) is 9.26 Å². The molecule has 7 nitrogen and oxygen atoms in total. The highest BCUT2D eigenvalue weighted by atomic mass is 19.1. The van der Waals surface area contributed by atoms with Crippen molar-refractivity contribution in [2.24, 2.45) is 0 Å². The molecular weight excluding hydrogens is 370 g/mol. The molecule has 0 aliphatic carbocycles. The van der Waals surface area contributed by atoms with Crippen molar-refractivity contribution >= 4 is 0 Å². The molecule has 1 fully saturated rings. The SMILES string of the molecule is O[C@@H]1CN(Cc2nc(-c3ccncc3)no2)CC[C@H]1Oc1cc(F)cc(F)c1. The summed E-state index contributed by atoms with van der Waals surface area (Å²) in [7, 11) is 0. The molecular formula is C19H18F2N4O3. The van der Waals surface area contributed by atoms with Gasteiger partial charge in [-0.15, -0.1) is 0 Å². The second-order valence-electron chi connectivity index (χ2n) is 6.60. The second kappa shape index (κ2) is 7.99. The molecule has 2 atom stereocenters. The number of β-amino-alcohol motifs (C(OH)–C–C–N with tert-alkyl or cyclic N) is 1. The first-order valence-corrected chi connectivity index (χ1v) is 8.83. The van der Waals surface area contributed by atoms with Gasteiger partial charge in [0.25, 0.3) is 0 Å². The van der Waals surface area contributed by atoms with Crippen molar-refractivity contribution in [2.45, 2.75) is 25.2 Å². The molecule has 2 aromatic heterocycles. The van der Waals surface area contributed by atoms with Gasteiger partial charge in [0.2, 0.25) is 11.7 Å². The predicted octanol–water partition coefficient (Wildman–Crippen LogP) is 2.42. The van der Waals surface area contributed by atoms with Gasteiger partial charge in [0.15, 0.2) is 0 Å². The number of benzene rings is 1. The Balaban J connectivity index is 1.35. The van der Waals surface area contributed by atoms with Gasteiger partial charge in [0.1, 0.15) is 29.6 Å². The fourth-order valence-corrected chi connectivity index (χ4v) is 3.16. The predicted molar refractivity (Wildman–Crippen MR) is 94.2 cm³/mol. The molecule has 146 valence electrons. The van der Waals surface area contributed by atoms with E-state index >= 15 is 0 Å². The summed E-state index contributed by atoms with van der Waals surface area (Å²) in [5, 5.41) is 14.3. The van der Waals surface area contributed by atoms with Crippen LogP contribution in [0, 0.1) is 11.6 Å². The van der Waals surface area contributed by atoms with Crippen molar-refractivity contribution < 1.29 is 23.1 Å². The van der Waals surface area contributed by atoms with Gasteiger partial charge in [0.05, 0.1) is 6.54 Å². The molecule has 3 heterocycles. The zero-order valence-electron chi connectivity index (χ0n) is 14.8.